The van der Waals surface area contributed by atoms with Crippen molar-refractivity contribution in [3.05, 3.63) is 22.4 Å². The minimum absolute atomic E-state index is 0.236. The quantitative estimate of drug-likeness (QED) is 0.856. The Morgan fingerprint density at radius 1 is 1.40 bits per heavy atom. The van der Waals surface area contributed by atoms with E-state index in [9.17, 15) is 4.79 Å². The molecule has 4 nitrogen and oxygen atoms in total. The molecule has 2 saturated heterocycles. The van der Waals surface area contributed by atoms with Crippen LogP contribution in [0.5, 0.6) is 0 Å². The minimum Gasteiger partial charge on any atom is -0.346 e. The van der Waals surface area contributed by atoms with Crippen molar-refractivity contribution in [2.24, 2.45) is 0 Å². The first-order chi connectivity index (χ1) is 9.77. The molecule has 3 rings (SSSR count). The van der Waals surface area contributed by atoms with Crippen molar-refractivity contribution in [3.8, 4) is 0 Å². The first-order valence-corrected chi connectivity index (χ1v) is 8.23. The van der Waals surface area contributed by atoms with Gasteiger partial charge in [-0.05, 0) is 30.7 Å². The van der Waals surface area contributed by atoms with Crippen molar-refractivity contribution < 1.29 is 14.3 Å². The van der Waals surface area contributed by atoms with E-state index in [0.29, 0.717) is 26.2 Å². The van der Waals surface area contributed by atoms with Crippen molar-refractivity contribution in [2.45, 2.75) is 37.9 Å². The summed E-state index contributed by atoms with van der Waals surface area (Å²) in [7, 11) is 0. The number of hydrogen-bond acceptors (Lipinski definition) is 4. The number of hydrogen-bond donors (Lipinski definition) is 0. The van der Waals surface area contributed by atoms with Gasteiger partial charge < -0.3 is 14.4 Å². The van der Waals surface area contributed by atoms with E-state index in [1.807, 2.05) is 4.90 Å². The summed E-state index contributed by atoms with van der Waals surface area (Å²) in [4.78, 5) is 15.6. The highest BCUT2D eigenvalue weighted by Gasteiger charge is 2.41. The number of carbonyl (C=O) groups is 1. The summed E-state index contributed by atoms with van der Waals surface area (Å²) in [5.74, 6) is -0.262. The molecule has 1 spiro atoms. The van der Waals surface area contributed by atoms with Gasteiger partial charge in [0, 0.05) is 24.3 Å². The Morgan fingerprint density at radius 3 is 3.00 bits per heavy atom. The van der Waals surface area contributed by atoms with Gasteiger partial charge in [0.2, 0.25) is 5.91 Å². The molecule has 3 heterocycles. The van der Waals surface area contributed by atoms with Gasteiger partial charge in [-0.25, -0.2) is 0 Å². The molecular formula is C15H21NO3S. The van der Waals surface area contributed by atoms with Crippen LogP contribution in [0.15, 0.2) is 17.5 Å². The molecule has 5 heteroatoms. The summed E-state index contributed by atoms with van der Waals surface area (Å²) in [6.07, 6.45) is 4.41. The van der Waals surface area contributed by atoms with Crippen molar-refractivity contribution in [2.75, 3.05) is 26.3 Å². The summed E-state index contributed by atoms with van der Waals surface area (Å²) in [6.45, 7) is 2.75. The van der Waals surface area contributed by atoms with E-state index in [2.05, 4.69) is 17.5 Å². The van der Waals surface area contributed by atoms with Crippen molar-refractivity contribution in [1.82, 2.24) is 4.90 Å². The maximum atomic E-state index is 12.3. The molecular weight excluding hydrogens is 274 g/mol. The molecule has 0 saturated carbocycles. The number of nitrogens with zero attached hydrogens (tertiary/aromatic N) is 1. The lowest BCUT2D eigenvalue weighted by atomic mass is 10.0. The summed E-state index contributed by atoms with van der Waals surface area (Å²) >= 11 is 1.76. The average molecular weight is 295 g/mol. The lowest BCUT2D eigenvalue weighted by Crippen LogP contribution is -2.51. The molecule has 2 fully saturated rings. The number of amides is 1. The number of thiophene rings is 1. The number of carbonyl (C=O) groups excluding carboxylic acids is 1. The van der Waals surface area contributed by atoms with E-state index in [4.69, 9.17) is 9.47 Å². The van der Waals surface area contributed by atoms with Crippen LogP contribution in [0.2, 0.25) is 0 Å². The predicted molar refractivity (Wildman–Crippen MR) is 77.7 cm³/mol. The van der Waals surface area contributed by atoms with E-state index in [-0.39, 0.29) is 5.91 Å². The van der Waals surface area contributed by atoms with Crippen molar-refractivity contribution in [1.29, 1.82) is 0 Å². The SMILES string of the molecule is O=C(CCCc1cccs1)N1CCCC2(C1)OCCO2. The van der Waals surface area contributed by atoms with Crippen LogP contribution in [0.3, 0.4) is 0 Å². The smallest absolute Gasteiger partial charge is 0.222 e. The van der Waals surface area contributed by atoms with E-state index >= 15 is 0 Å². The summed E-state index contributed by atoms with van der Waals surface area (Å²) in [5.41, 5.74) is 0. The molecule has 0 unspecified atom stereocenters. The van der Waals surface area contributed by atoms with Crippen LogP contribution in [0, 0.1) is 0 Å². The highest BCUT2D eigenvalue weighted by Crippen LogP contribution is 2.30. The van der Waals surface area contributed by atoms with Crippen LogP contribution in [0.4, 0.5) is 0 Å². The molecule has 0 radical (unpaired) electrons. The zero-order chi connectivity index (χ0) is 13.8. The van der Waals surface area contributed by atoms with Crippen molar-refractivity contribution in [3.63, 3.8) is 0 Å². The Balaban J connectivity index is 1.47. The molecule has 0 aromatic carbocycles. The lowest BCUT2D eigenvalue weighted by Gasteiger charge is -2.38. The van der Waals surface area contributed by atoms with Crippen LogP contribution in [-0.4, -0.2) is 42.9 Å². The molecule has 0 aliphatic carbocycles. The number of rotatable bonds is 4. The Labute approximate surface area is 123 Å². The molecule has 1 aromatic rings. The fourth-order valence-corrected chi connectivity index (χ4v) is 3.71. The van der Waals surface area contributed by atoms with Gasteiger partial charge in [-0.1, -0.05) is 6.07 Å². The maximum Gasteiger partial charge on any atom is 0.222 e. The van der Waals surface area contributed by atoms with Gasteiger partial charge in [-0.2, -0.15) is 0 Å². The summed E-state index contributed by atoms with van der Waals surface area (Å²) < 4.78 is 11.4. The predicted octanol–water partition coefficient (Wildman–Crippen LogP) is 2.44. The number of aryl methyl sites for hydroxylation is 1. The van der Waals surface area contributed by atoms with E-state index in [0.717, 1.165) is 32.2 Å². The van der Waals surface area contributed by atoms with Gasteiger partial charge in [0.1, 0.15) is 0 Å². The van der Waals surface area contributed by atoms with Gasteiger partial charge in [0.05, 0.1) is 19.8 Å². The largest absolute Gasteiger partial charge is 0.346 e. The van der Waals surface area contributed by atoms with Gasteiger partial charge in [-0.3, -0.25) is 4.79 Å². The minimum atomic E-state index is -0.498. The molecule has 110 valence electrons. The summed E-state index contributed by atoms with van der Waals surface area (Å²) in [6, 6.07) is 4.19. The second-order valence-corrected chi connectivity index (χ2v) is 6.49. The zero-order valence-corrected chi connectivity index (χ0v) is 12.5. The topological polar surface area (TPSA) is 38.8 Å². The fourth-order valence-electron chi connectivity index (χ4n) is 2.96. The van der Waals surface area contributed by atoms with Gasteiger partial charge in [0.25, 0.3) is 0 Å². The number of ether oxygens (including phenoxy) is 2. The average Bonchev–Trinajstić information content (AvgIpc) is 3.11. The molecule has 0 N–H and O–H groups in total. The number of piperidine rings is 1. The third-order valence-corrected chi connectivity index (χ3v) is 4.91. The van der Waals surface area contributed by atoms with E-state index < -0.39 is 5.79 Å². The lowest BCUT2D eigenvalue weighted by molar-refractivity contribution is -0.193. The first-order valence-electron chi connectivity index (χ1n) is 7.36. The van der Waals surface area contributed by atoms with E-state index in [1.165, 1.54) is 4.88 Å². The van der Waals surface area contributed by atoms with Crippen molar-refractivity contribution >= 4 is 17.2 Å². The molecule has 1 amide bonds. The van der Waals surface area contributed by atoms with Gasteiger partial charge >= 0.3 is 0 Å². The van der Waals surface area contributed by atoms with Gasteiger partial charge in [-0.15, -0.1) is 11.3 Å². The van der Waals surface area contributed by atoms with Gasteiger partial charge in [0.15, 0.2) is 5.79 Å². The fraction of sp³-hybridized carbons (Fsp3) is 0.667. The Kier molecular flexibility index (Phi) is 4.38. The highest BCUT2D eigenvalue weighted by molar-refractivity contribution is 7.09. The molecule has 2 aliphatic rings. The monoisotopic (exact) mass is 295 g/mol. The third kappa shape index (κ3) is 3.22. The molecule has 2 aliphatic heterocycles. The number of likely N-dealkylation sites (tertiary alicyclic amines) is 1. The van der Waals surface area contributed by atoms with Crippen LogP contribution in [-0.2, 0) is 20.7 Å². The van der Waals surface area contributed by atoms with Crippen LogP contribution in [0.25, 0.3) is 0 Å². The van der Waals surface area contributed by atoms with Crippen LogP contribution in [0.1, 0.15) is 30.6 Å². The Bertz CT molecular complexity index is 440. The first kappa shape index (κ1) is 14.0. The molecule has 0 atom stereocenters. The molecule has 20 heavy (non-hydrogen) atoms. The van der Waals surface area contributed by atoms with Crippen LogP contribution >= 0.6 is 11.3 Å². The second kappa shape index (κ2) is 6.24. The third-order valence-electron chi connectivity index (χ3n) is 3.98. The normalized spacial score (nSPS) is 21.5. The Hall–Kier alpha value is -0.910. The molecule has 0 bridgehead atoms. The molecule has 1 aromatic heterocycles. The maximum absolute atomic E-state index is 12.3. The van der Waals surface area contributed by atoms with E-state index in [1.54, 1.807) is 11.3 Å². The highest BCUT2D eigenvalue weighted by atomic mass is 32.1. The van der Waals surface area contributed by atoms with Crippen LogP contribution < -0.4 is 0 Å². The second-order valence-electron chi connectivity index (χ2n) is 5.46. The zero-order valence-electron chi connectivity index (χ0n) is 11.7. The Morgan fingerprint density at radius 2 is 2.25 bits per heavy atom. The standard InChI is InChI=1S/C15H21NO3S/c17-14(6-1-4-13-5-2-11-20-13)16-8-3-7-15(12-16)18-9-10-19-15/h2,5,11H,1,3-4,6-10,12H2. The summed E-state index contributed by atoms with van der Waals surface area (Å²) in [5, 5.41) is 2.08.